The number of fused-ring (bicyclic) bond motifs is 1. The highest BCUT2D eigenvalue weighted by atomic mass is 16.5. The second kappa shape index (κ2) is 12.2. The van der Waals surface area contributed by atoms with Gasteiger partial charge >= 0.3 is 5.97 Å². The number of amides is 2. The molecule has 6 rings (SSSR count). The molecular weight excluding hydrogens is 546 g/mol. The normalized spacial score (nSPS) is 19.1. The second-order valence-corrected chi connectivity index (χ2v) is 11.1. The van der Waals surface area contributed by atoms with Gasteiger partial charge in [0.15, 0.2) is 5.82 Å². The van der Waals surface area contributed by atoms with Gasteiger partial charge < -0.3 is 20.5 Å². The first-order valence-corrected chi connectivity index (χ1v) is 14.6. The third-order valence-corrected chi connectivity index (χ3v) is 8.23. The minimum Gasteiger partial charge on any atom is -0.478 e. The van der Waals surface area contributed by atoms with Crippen LogP contribution in [0, 0.1) is 0 Å². The highest BCUT2D eigenvalue weighted by molar-refractivity contribution is 6.05. The number of hydrogen-bond donors (Lipinski definition) is 3. The predicted molar refractivity (Wildman–Crippen MR) is 162 cm³/mol. The molecule has 1 saturated carbocycles. The third kappa shape index (κ3) is 6.05. The standard InChI is InChI=1S/C33H33N5O5/c39-29(40)16-11-22-9-13-25(14-10-22)35-32(42)33(17-19-43-21-33)36-31(41)24-12-15-26-27(20-24)37-38(28-8-4-5-18-34-28)30(26)23-6-2-1-3-7-23/h4-5,8-16,18,20,23H,1-3,6-7,17,19,21H2,(H,35,42)(H,36,41)(H,39,40)/b16-11+/t33-/m1/s1. The lowest BCUT2D eigenvalue weighted by Crippen LogP contribution is -2.57. The second-order valence-electron chi connectivity index (χ2n) is 11.1. The summed E-state index contributed by atoms with van der Waals surface area (Å²) in [6.45, 7) is 0.386. The van der Waals surface area contributed by atoms with Crippen LogP contribution in [0.2, 0.25) is 0 Å². The van der Waals surface area contributed by atoms with Crippen LogP contribution in [0.3, 0.4) is 0 Å². The molecule has 1 atom stereocenters. The minimum absolute atomic E-state index is 0.0480. The molecule has 0 spiro atoms. The Bertz CT molecular complexity index is 1670. The summed E-state index contributed by atoms with van der Waals surface area (Å²) in [5.74, 6) is -0.697. The van der Waals surface area contributed by atoms with E-state index in [9.17, 15) is 14.4 Å². The van der Waals surface area contributed by atoms with Crippen molar-refractivity contribution in [1.82, 2.24) is 20.1 Å². The Hall–Kier alpha value is -4.83. The van der Waals surface area contributed by atoms with Gasteiger partial charge in [-0.05, 0) is 60.9 Å². The monoisotopic (exact) mass is 579 g/mol. The number of nitrogens with zero attached hydrogens (tertiary/aromatic N) is 3. The number of carbonyl (C=O) groups excluding carboxylic acids is 2. The Morgan fingerprint density at radius 2 is 1.84 bits per heavy atom. The summed E-state index contributed by atoms with van der Waals surface area (Å²) in [4.78, 5) is 42.4. The average molecular weight is 580 g/mol. The van der Waals surface area contributed by atoms with Crippen molar-refractivity contribution in [3.8, 4) is 5.82 Å². The molecule has 2 amide bonds. The Morgan fingerprint density at radius 3 is 2.53 bits per heavy atom. The van der Waals surface area contributed by atoms with E-state index >= 15 is 0 Å². The number of hydrogen-bond acceptors (Lipinski definition) is 6. The largest absolute Gasteiger partial charge is 0.478 e. The molecule has 1 aliphatic carbocycles. The summed E-state index contributed by atoms with van der Waals surface area (Å²) < 4.78 is 7.49. The van der Waals surface area contributed by atoms with Gasteiger partial charge in [-0.1, -0.05) is 43.5 Å². The molecule has 10 nitrogen and oxygen atoms in total. The number of carbonyl (C=O) groups is 3. The molecule has 1 aliphatic heterocycles. The molecule has 220 valence electrons. The number of benzene rings is 2. The highest BCUT2D eigenvalue weighted by Gasteiger charge is 2.44. The first-order chi connectivity index (χ1) is 20.9. The summed E-state index contributed by atoms with van der Waals surface area (Å²) >= 11 is 0. The quantitative estimate of drug-likeness (QED) is 0.247. The topological polar surface area (TPSA) is 135 Å². The van der Waals surface area contributed by atoms with Gasteiger partial charge in [-0.25, -0.2) is 14.5 Å². The molecule has 1 saturated heterocycles. The maximum Gasteiger partial charge on any atom is 0.328 e. The van der Waals surface area contributed by atoms with Crippen LogP contribution in [0.15, 0.2) is 72.9 Å². The highest BCUT2D eigenvalue weighted by Crippen LogP contribution is 2.37. The first kappa shape index (κ1) is 28.3. The Morgan fingerprint density at radius 1 is 1.02 bits per heavy atom. The van der Waals surface area contributed by atoms with Crippen molar-refractivity contribution in [2.75, 3.05) is 18.5 Å². The van der Waals surface area contributed by atoms with Gasteiger partial charge in [0.2, 0.25) is 0 Å². The van der Waals surface area contributed by atoms with E-state index in [1.54, 1.807) is 42.6 Å². The molecule has 2 fully saturated rings. The lowest BCUT2D eigenvalue weighted by molar-refractivity contribution is -0.131. The predicted octanol–water partition coefficient (Wildman–Crippen LogP) is 5.09. The number of aliphatic carboxylic acids is 1. The molecule has 3 heterocycles. The van der Waals surface area contributed by atoms with E-state index in [1.165, 1.54) is 25.3 Å². The zero-order chi connectivity index (χ0) is 29.8. The fourth-order valence-corrected chi connectivity index (χ4v) is 5.96. The van der Waals surface area contributed by atoms with Crippen molar-refractivity contribution >= 4 is 40.4 Å². The van der Waals surface area contributed by atoms with Gasteiger partial charge in [0.25, 0.3) is 11.8 Å². The van der Waals surface area contributed by atoms with Crippen LogP contribution in [-0.4, -0.2) is 56.4 Å². The average Bonchev–Trinajstić information content (AvgIpc) is 3.67. The van der Waals surface area contributed by atoms with Gasteiger partial charge in [0.05, 0.1) is 17.8 Å². The molecule has 2 aromatic heterocycles. The van der Waals surface area contributed by atoms with E-state index in [0.717, 1.165) is 35.8 Å². The van der Waals surface area contributed by atoms with Gasteiger partial charge in [0, 0.05) is 47.9 Å². The molecule has 2 aliphatic rings. The lowest BCUT2D eigenvalue weighted by atomic mass is 9.85. The summed E-state index contributed by atoms with van der Waals surface area (Å²) in [7, 11) is 0. The van der Waals surface area contributed by atoms with Crippen LogP contribution in [0.4, 0.5) is 5.69 Å². The van der Waals surface area contributed by atoms with Crippen LogP contribution < -0.4 is 10.6 Å². The van der Waals surface area contributed by atoms with Crippen molar-refractivity contribution < 1.29 is 24.2 Å². The zero-order valence-corrected chi connectivity index (χ0v) is 23.7. The lowest BCUT2D eigenvalue weighted by Gasteiger charge is -2.27. The summed E-state index contributed by atoms with van der Waals surface area (Å²) in [5.41, 5.74) is 2.20. The Kier molecular flexibility index (Phi) is 8.02. The summed E-state index contributed by atoms with van der Waals surface area (Å²) in [5, 5.41) is 20.6. The molecule has 0 unspecified atom stereocenters. The van der Waals surface area contributed by atoms with E-state index in [2.05, 4.69) is 15.6 Å². The maximum atomic E-state index is 13.6. The van der Waals surface area contributed by atoms with Gasteiger partial charge in [-0.2, -0.15) is 5.10 Å². The van der Waals surface area contributed by atoms with Gasteiger partial charge in [0.1, 0.15) is 5.54 Å². The van der Waals surface area contributed by atoms with Crippen molar-refractivity contribution in [3.05, 3.63) is 89.8 Å². The van der Waals surface area contributed by atoms with E-state index in [4.69, 9.17) is 14.9 Å². The summed E-state index contributed by atoms with van der Waals surface area (Å²) in [6.07, 6.45) is 10.4. The van der Waals surface area contributed by atoms with Crippen molar-refractivity contribution in [1.29, 1.82) is 0 Å². The smallest absolute Gasteiger partial charge is 0.328 e. The Labute approximate surface area is 248 Å². The van der Waals surface area contributed by atoms with Crippen molar-refractivity contribution in [2.24, 2.45) is 0 Å². The SMILES string of the molecule is O=C(O)/C=C/c1ccc(NC(=O)[C@@]2(NC(=O)c3ccc4c(C5CCCCC5)n(-c5ccccn5)nc4c3)CCOC2)cc1. The molecule has 10 heteroatoms. The van der Waals surface area contributed by atoms with Crippen LogP contribution in [0.1, 0.15) is 66.1 Å². The number of ether oxygens (including phenoxy) is 1. The number of nitrogens with one attached hydrogen (secondary N) is 2. The van der Waals surface area contributed by atoms with Crippen LogP contribution >= 0.6 is 0 Å². The van der Waals surface area contributed by atoms with E-state index in [-0.39, 0.29) is 18.4 Å². The molecule has 4 aromatic rings. The number of rotatable bonds is 8. The van der Waals surface area contributed by atoms with E-state index in [0.29, 0.717) is 41.3 Å². The van der Waals surface area contributed by atoms with Crippen molar-refractivity contribution in [3.63, 3.8) is 0 Å². The van der Waals surface area contributed by atoms with Gasteiger partial charge in [-0.15, -0.1) is 0 Å². The molecule has 43 heavy (non-hydrogen) atoms. The molecule has 3 N–H and O–H groups in total. The van der Waals surface area contributed by atoms with Crippen LogP contribution in [0.5, 0.6) is 0 Å². The van der Waals surface area contributed by atoms with E-state index < -0.39 is 11.5 Å². The fraction of sp³-hybridized carbons (Fsp3) is 0.303. The fourth-order valence-electron chi connectivity index (χ4n) is 5.96. The van der Waals surface area contributed by atoms with Gasteiger partial charge in [-0.3, -0.25) is 9.59 Å². The molecular formula is C33H33N5O5. The maximum absolute atomic E-state index is 13.6. The number of pyridine rings is 1. The minimum atomic E-state index is -1.24. The third-order valence-electron chi connectivity index (χ3n) is 8.23. The summed E-state index contributed by atoms with van der Waals surface area (Å²) in [6, 6.07) is 18.0. The van der Waals surface area contributed by atoms with E-state index in [1.807, 2.05) is 28.9 Å². The number of carboxylic acid groups (broad SMARTS) is 1. The van der Waals surface area contributed by atoms with Crippen molar-refractivity contribution in [2.45, 2.75) is 50.0 Å². The number of anilines is 1. The number of aromatic nitrogens is 3. The first-order valence-electron chi connectivity index (χ1n) is 14.6. The molecule has 2 aromatic carbocycles. The van der Waals surface area contributed by atoms with Crippen LogP contribution in [-0.2, 0) is 14.3 Å². The van der Waals surface area contributed by atoms with Crippen LogP contribution in [0.25, 0.3) is 22.8 Å². The zero-order valence-electron chi connectivity index (χ0n) is 23.7. The molecule has 0 radical (unpaired) electrons. The molecule has 0 bridgehead atoms. The number of carboxylic acids is 1. The Balaban J connectivity index is 1.24.